The van der Waals surface area contributed by atoms with E-state index in [1.54, 1.807) is 23.1 Å². The molecule has 0 atom stereocenters. The predicted octanol–water partition coefficient (Wildman–Crippen LogP) is 6.22. The number of oxazole rings is 1. The van der Waals surface area contributed by atoms with E-state index in [2.05, 4.69) is 15.0 Å². The summed E-state index contributed by atoms with van der Waals surface area (Å²) in [4.78, 5) is 25.6. The lowest BCUT2D eigenvalue weighted by Gasteiger charge is -2.31. The van der Waals surface area contributed by atoms with E-state index in [0.29, 0.717) is 54.5 Å². The van der Waals surface area contributed by atoms with Crippen LogP contribution in [0.15, 0.2) is 76.9 Å². The maximum atomic E-state index is 13.2. The lowest BCUT2D eigenvalue weighted by molar-refractivity contribution is -0.141. The number of aromatic nitrogens is 3. The van der Waals surface area contributed by atoms with Gasteiger partial charge in [0.1, 0.15) is 17.2 Å². The van der Waals surface area contributed by atoms with Crippen molar-refractivity contribution in [3.05, 3.63) is 95.1 Å². The Balaban J connectivity index is 1.32. The molecule has 0 amide bonds. The Hall–Kier alpha value is -4.67. The van der Waals surface area contributed by atoms with Gasteiger partial charge in [-0.2, -0.15) is 13.2 Å². The van der Waals surface area contributed by atoms with Crippen LogP contribution in [0.5, 0.6) is 5.75 Å². The van der Waals surface area contributed by atoms with Crippen LogP contribution < -0.4 is 9.64 Å². The van der Waals surface area contributed by atoms with E-state index in [4.69, 9.17) is 9.15 Å². The van der Waals surface area contributed by atoms with Crippen molar-refractivity contribution in [1.82, 2.24) is 15.0 Å². The second kappa shape index (κ2) is 11.8. The fourth-order valence-electron chi connectivity index (χ4n) is 4.71. The second-order valence-electron chi connectivity index (χ2n) is 9.58. The number of benzene rings is 2. The number of aliphatic carboxylic acids is 1. The number of nitrogens with zero attached hydrogens (tertiary/aromatic N) is 4. The Morgan fingerprint density at radius 3 is 2.61 bits per heavy atom. The molecule has 212 valence electrons. The van der Waals surface area contributed by atoms with E-state index in [1.165, 1.54) is 0 Å². The van der Waals surface area contributed by atoms with Gasteiger partial charge in [-0.05, 0) is 54.8 Å². The molecule has 1 aliphatic rings. The molecule has 1 aliphatic heterocycles. The molecule has 4 aromatic rings. The summed E-state index contributed by atoms with van der Waals surface area (Å²) in [5.41, 5.74) is 2.76. The molecule has 5 rings (SSSR count). The summed E-state index contributed by atoms with van der Waals surface area (Å²) >= 11 is 0. The van der Waals surface area contributed by atoms with Gasteiger partial charge in [-0.25, -0.2) is 15.0 Å². The number of rotatable bonds is 9. The number of carboxylic acid groups (broad SMARTS) is 1. The molecule has 8 nitrogen and oxygen atoms in total. The van der Waals surface area contributed by atoms with Gasteiger partial charge in [-0.15, -0.1) is 0 Å². The standard InChI is InChI=1S/C30H27F3N4O4/c1-19-25(35-28(41-19)20-6-3-2-4-7-20)12-15-40-23-9-5-8-21(16-23)24-18-37(14-11-22(24)17-27(38)39)29-34-13-10-26(36-29)30(31,32)33/h2-10,13,16H,11-12,14-15,17-18H2,1H3,(H,38,39). The molecule has 0 radical (unpaired) electrons. The van der Waals surface area contributed by atoms with Gasteiger partial charge in [-0.1, -0.05) is 35.9 Å². The maximum Gasteiger partial charge on any atom is 0.433 e. The monoisotopic (exact) mass is 564 g/mol. The van der Waals surface area contributed by atoms with E-state index in [0.717, 1.165) is 29.1 Å². The minimum Gasteiger partial charge on any atom is -0.493 e. The highest BCUT2D eigenvalue weighted by Crippen LogP contribution is 2.33. The first kappa shape index (κ1) is 27.9. The van der Waals surface area contributed by atoms with Crippen molar-refractivity contribution < 1.29 is 32.2 Å². The predicted molar refractivity (Wildman–Crippen MR) is 145 cm³/mol. The molecule has 3 heterocycles. The Bertz CT molecular complexity index is 1570. The third-order valence-corrected chi connectivity index (χ3v) is 6.74. The van der Waals surface area contributed by atoms with Gasteiger partial charge in [0.25, 0.3) is 0 Å². The van der Waals surface area contributed by atoms with Gasteiger partial charge in [-0.3, -0.25) is 4.79 Å². The molecule has 0 fully saturated rings. The topological polar surface area (TPSA) is 102 Å². The molecular formula is C30H27F3N4O4. The van der Waals surface area contributed by atoms with Crippen molar-refractivity contribution in [3.8, 4) is 17.2 Å². The average molecular weight is 565 g/mol. The molecule has 41 heavy (non-hydrogen) atoms. The van der Waals surface area contributed by atoms with Crippen LogP contribution in [0.1, 0.15) is 35.6 Å². The highest BCUT2D eigenvalue weighted by molar-refractivity contribution is 5.80. The zero-order valence-corrected chi connectivity index (χ0v) is 22.2. The first-order valence-electron chi connectivity index (χ1n) is 13.0. The third kappa shape index (κ3) is 6.74. The van der Waals surface area contributed by atoms with E-state index < -0.39 is 17.8 Å². The van der Waals surface area contributed by atoms with Crippen LogP contribution in [0.25, 0.3) is 17.0 Å². The molecule has 0 spiro atoms. The summed E-state index contributed by atoms with van der Waals surface area (Å²) < 4.78 is 51.5. The molecule has 2 aromatic carbocycles. The number of anilines is 1. The van der Waals surface area contributed by atoms with Gasteiger partial charge in [0, 0.05) is 31.3 Å². The van der Waals surface area contributed by atoms with Gasteiger partial charge in [0.15, 0.2) is 0 Å². The number of carbonyl (C=O) groups is 1. The molecule has 0 saturated carbocycles. The van der Waals surface area contributed by atoms with Crippen molar-refractivity contribution in [3.63, 3.8) is 0 Å². The fourth-order valence-corrected chi connectivity index (χ4v) is 4.71. The van der Waals surface area contributed by atoms with Crippen LogP contribution in [0.4, 0.5) is 19.1 Å². The average Bonchev–Trinajstić information content (AvgIpc) is 3.33. The van der Waals surface area contributed by atoms with Crippen LogP contribution in [0.2, 0.25) is 0 Å². The first-order valence-corrected chi connectivity index (χ1v) is 13.0. The van der Waals surface area contributed by atoms with Crippen molar-refractivity contribution >= 4 is 17.5 Å². The van der Waals surface area contributed by atoms with Gasteiger partial charge < -0.3 is 19.2 Å². The van der Waals surface area contributed by atoms with E-state index >= 15 is 0 Å². The highest BCUT2D eigenvalue weighted by atomic mass is 19.4. The summed E-state index contributed by atoms with van der Waals surface area (Å²) in [5, 5.41) is 9.48. The number of alkyl halides is 3. The largest absolute Gasteiger partial charge is 0.493 e. The summed E-state index contributed by atoms with van der Waals surface area (Å²) in [5.74, 6) is 0.790. The number of halogens is 3. The van der Waals surface area contributed by atoms with Gasteiger partial charge >= 0.3 is 12.1 Å². The zero-order chi connectivity index (χ0) is 29.0. The van der Waals surface area contributed by atoms with Crippen LogP contribution in [0, 0.1) is 6.92 Å². The molecule has 0 aliphatic carbocycles. The minimum absolute atomic E-state index is 0.0584. The summed E-state index contributed by atoms with van der Waals surface area (Å²) in [6.07, 6.45) is -2.83. The first-order chi connectivity index (χ1) is 19.7. The Morgan fingerprint density at radius 1 is 1.07 bits per heavy atom. The summed E-state index contributed by atoms with van der Waals surface area (Å²) in [6, 6.07) is 17.7. The normalized spacial score (nSPS) is 13.9. The Labute approximate surface area is 234 Å². The van der Waals surface area contributed by atoms with Crippen molar-refractivity contribution in [2.75, 3.05) is 24.6 Å². The molecule has 0 unspecified atom stereocenters. The lowest BCUT2D eigenvalue weighted by Crippen LogP contribution is -2.33. The van der Waals surface area contributed by atoms with Crippen LogP contribution in [0.3, 0.4) is 0 Å². The van der Waals surface area contributed by atoms with E-state index in [9.17, 15) is 23.1 Å². The minimum atomic E-state index is -4.60. The van der Waals surface area contributed by atoms with Crippen LogP contribution in [-0.4, -0.2) is 45.7 Å². The van der Waals surface area contributed by atoms with Gasteiger partial charge in [0.05, 0.1) is 18.7 Å². The molecular weight excluding hydrogens is 537 g/mol. The summed E-state index contributed by atoms with van der Waals surface area (Å²) in [7, 11) is 0. The van der Waals surface area contributed by atoms with Gasteiger partial charge in [0.2, 0.25) is 11.8 Å². The van der Waals surface area contributed by atoms with Crippen molar-refractivity contribution in [2.24, 2.45) is 0 Å². The number of carboxylic acids is 1. The smallest absolute Gasteiger partial charge is 0.433 e. The molecule has 1 N–H and O–H groups in total. The van der Waals surface area contributed by atoms with Crippen molar-refractivity contribution in [2.45, 2.75) is 32.4 Å². The second-order valence-corrected chi connectivity index (χ2v) is 9.58. The van der Waals surface area contributed by atoms with Crippen molar-refractivity contribution in [1.29, 1.82) is 0 Å². The molecule has 2 aromatic heterocycles. The molecule has 0 bridgehead atoms. The fraction of sp³-hybridized carbons (Fsp3) is 0.267. The van der Waals surface area contributed by atoms with Crippen LogP contribution >= 0.6 is 0 Å². The Morgan fingerprint density at radius 2 is 1.85 bits per heavy atom. The van der Waals surface area contributed by atoms with E-state index in [1.807, 2.05) is 43.3 Å². The molecule has 11 heteroatoms. The summed E-state index contributed by atoms with van der Waals surface area (Å²) in [6.45, 7) is 2.64. The number of hydrogen-bond acceptors (Lipinski definition) is 7. The number of ether oxygens (including phenoxy) is 1. The maximum absolute atomic E-state index is 13.2. The number of hydrogen-bond donors (Lipinski definition) is 1. The lowest BCUT2D eigenvalue weighted by atomic mass is 9.92. The third-order valence-electron chi connectivity index (χ3n) is 6.74. The highest BCUT2D eigenvalue weighted by Gasteiger charge is 2.34. The number of aryl methyl sites for hydroxylation is 1. The quantitative estimate of drug-likeness (QED) is 0.256. The molecule has 0 saturated heterocycles. The Kier molecular flexibility index (Phi) is 8.04. The SMILES string of the molecule is Cc1oc(-c2ccccc2)nc1CCOc1cccc(C2=C(CC(=O)O)CCN(c3nccc(C(F)(F)F)n3)C2)c1. The van der Waals surface area contributed by atoms with E-state index in [-0.39, 0.29) is 18.9 Å². The zero-order valence-electron chi connectivity index (χ0n) is 22.2. The van der Waals surface area contributed by atoms with Crippen LogP contribution in [-0.2, 0) is 17.4 Å².